The minimum Gasteiger partial charge on any atom is -0.347 e. The van der Waals surface area contributed by atoms with Gasteiger partial charge in [-0.2, -0.15) is 4.31 Å². The lowest BCUT2D eigenvalue weighted by Crippen LogP contribution is -2.52. The van der Waals surface area contributed by atoms with Crippen molar-refractivity contribution in [3.63, 3.8) is 0 Å². The molecule has 1 N–H and O–H groups in total. The van der Waals surface area contributed by atoms with Crippen molar-refractivity contribution in [1.29, 1.82) is 0 Å². The summed E-state index contributed by atoms with van der Waals surface area (Å²) in [4.78, 5) is 25.5. The molecule has 0 unspecified atom stereocenters. The molecule has 1 aromatic rings. The Bertz CT molecular complexity index is 769. The summed E-state index contributed by atoms with van der Waals surface area (Å²) in [6, 6.07) is 5.12. The lowest BCUT2D eigenvalue weighted by molar-refractivity contribution is -0.133. The molecule has 0 bridgehead atoms. The van der Waals surface area contributed by atoms with E-state index >= 15 is 0 Å². The highest BCUT2D eigenvalue weighted by Gasteiger charge is 2.30. The number of rotatable bonds is 6. The van der Waals surface area contributed by atoms with Crippen LogP contribution >= 0.6 is 0 Å². The van der Waals surface area contributed by atoms with E-state index in [-0.39, 0.29) is 36.3 Å². The Morgan fingerprint density at radius 3 is 2.31 bits per heavy atom. The normalized spacial score (nSPS) is 15.7. The van der Waals surface area contributed by atoms with E-state index in [2.05, 4.69) is 5.32 Å². The van der Waals surface area contributed by atoms with Crippen LogP contribution in [0.3, 0.4) is 0 Å². The number of hydrogen-bond donors (Lipinski definition) is 1. The van der Waals surface area contributed by atoms with Crippen LogP contribution < -0.4 is 5.32 Å². The molecular weight excluding hydrogens is 354 g/mol. The van der Waals surface area contributed by atoms with E-state index in [1.165, 1.54) is 4.31 Å². The molecule has 1 fully saturated rings. The van der Waals surface area contributed by atoms with Gasteiger partial charge in [0.15, 0.2) is 0 Å². The van der Waals surface area contributed by atoms with Crippen molar-refractivity contribution in [2.45, 2.75) is 38.5 Å². The number of nitrogens with zero attached hydrogens (tertiary/aromatic N) is 2. The predicted octanol–water partition coefficient (Wildman–Crippen LogP) is 1.05. The minimum atomic E-state index is -3.56. The standard InChI is InChI=1S/C18H27N3O4S/c1-4-5-17(22)19-13-18(23)20-8-10-21(11-9-20)26(24,25)16-7-6-14(2)15(3)12-16/h6-7,12H,4-5,8-11,13H2,1-3H3,(H,19,22). The van der Waals surface area contributed by atoms with Gasteiger partial charge in [-0.1, -0.05) is 13.0 Å². The van der Waals surface area contributed by atoms with Crippen LogP contribution in [0, 0.1) is 13.8 Å². The summed E-state index contributed by atoms with van der Waals surface area (Å²) in [5.41, 5.74) is 1.98. The monoisotopic (exact) mass is 381 g/mol. The number of benzene rings is 1. The van der Waals surface area contributed by atoms with Crippen LogP contribution in [0.15, 0.2) is 23.1 Å². The molecule has 0 saturated carbocycles. The first kappa shape index (κ1) is 20.4. The number of sulfonamides is 1. The maximum atomic E-state index is 12.8. The molecule has 1 aliphatic heterocycles. The maximum Gasteiger partial charge on any atom is 0.243 e. The summed E-state index contributed by atoms with van der Waals surface area (Å²) in [6.45, 7) is 6.85. The van der Waals surface area contributed by atoms with E-state index in [0.29, 0.717) is 19.5 Å². The van der Waals surface area contributed by atoms with Gasteiger partial charge in [0, 0.05) is 32.6 Å². The third-order valence-corrected chi connectivity index (χ3v) is 6.52. The van der Waals surface area contributed by atoms with Crippen LogP contribution in [-0.4, -0.2) is 62.2 Å². The van der Waals surface area contributed by atoms with Crippen LogP contribution in [0.4, 0.5) is 0 Å². The van der Waals surface area contributed by atoms with Crippen LogP contribution in [0.25, 0.3) is 0 Å². The van der Waals surface area contributed by atoms with Gasteiger partial charge in [0.25, 0.3) is 0 Å². The maximum absolute atomic E-state index is 12.8. The van der Waals surface area contributed by atoms with E-state index in [0.717, 1.165) is 17.5 Å². The van der Waals surface area contributed by atoms with Gasteiger partial charge in [0.05, 0.1) is 11.4 Å². The largest absolute Gasteiger partial charge is 0.347 e. The molecule has 0 radical (unpaired) electrons. The van der Waals surface area contributed by atoms with Gasteiger partial charge in [-0.25, -0.2) is 8.42 Å². The fourth-order valence-electron chi connectivity index (χ4n) is 2.80. The third kappa shape index (κ3) is 4.82. The van der Waals surface area contributed by atoms with Gasteiger partial charge >= 0.3 is 0 Å². The lowest BCUT2D eigenvalue weighted by atomic mass is 10.1. The Labute approximate surface area is 155 Å². The van der Waals surface area contributed by atoms with Crippen molar-refractivity contribution in [3.8, 4) is 0 Å². The summed E-state index contributed by atoms with van der Waals surface area (Å²) < 4.78 is 27.0. The smallest absolute Gasteiger partial charge is 0.243 e. The zero-order valence-corrected chi connectivity index (χ0v) is 16.4. The van der Waals surface area contributed by atoms with E-state index in [4.69, 9.17) is 0 Å². The van der Waals surface area contributed by atoms with Gasteiger partial charge in [-0.05, 0) is 43.5 Å². The number of hydrogen-bond acceptors (Lipinski definition) is 4. The summed E-state index contributed by atoms with van der Waals surface area (Å²) in [6.07, 6.45) is 1.13. The second-order valence-electron chi connectivity index (χ2n) is 6.56. The molecule has 144 valence electrons. The van der Waals surface area contributed by atoms with Crippen molar-refractivity contribution in [3.05, 3.63) is 29.3 Å². The van der Waals surface area contributed by atoms with Gasteiger partial charge in [0.1, 0.15) is 0 Å². The Balaban J connectivity index is 1.93. The molecule has 0 spiro atoms. The van der Waals surface area contributed by atoms with E-state index in [1.807, 2.05) is 20.8 Å². The van der Waals surface area contributed by atoms with Crippen molar-refractivity contribution in [2.24, 2.45) is 0 Å². The van der Waals surface area contributed by atoms with E-state index in [1.54, 1.807) is 23.1 Å². The molecule has 8 heteroatoms. The average molecular weight is 381 g/mol. The van der Waals surface area contributed by atoms with Gasteiger partial charge in [-0.15, -0.1) is 0 Å². The van der Waals surface area contributed by atoms with Gasteiger partial charge in [-0.3, -0.25) is 9.59 Å². The fourth-order valence-corrected chi connectivity index (χ4v) is 4.31. The Kier molecular flexibility index (Phi) is 6.77. The van der Waals surface area contributed by atoms with Crippen LogP contribution in [0.5, 0.6) is 0 Å². The molecule has 26 heavy (non-hydrogen) atoms. The minimum absolute atomic E-state index is 0.0389. The molecule has 1 aromatic carbocycles. The first-order valence-corrected chi connectivity index (χ1v) is 10.3. The highest BCUT2D eigenvalue weighted by Crippen LogP contribution is 2.20. The summed E-state index contributed by atoms with van der Waals surface area (Å²) >= 11 is 0. The van der Waals surface area contributed by atoms with Gasteiger partial charge < -0.3 is 10.2 Å². The van der Waals surface area contributed by atoms with Crippen LogP contribution in [-0.2, 0) is 19.6 Å². The molecule has 2 amide bonds. The summed E-state index contributed by atoms with van der Waals surface area (Å²) in [7, 11) is -3.56. The highest BCUT2D eigenvalue weighted by molar-refractivity contribution is 7.89. The quantitative estimate of drug-likeness (QED) is 0.798. The topological polar surface area (TPSA) is 86.8 Å². The number of piperazine rings is 1. The molecule has 0 aromatic heterocycles. The average Bonchev–Trinajstić information content (AvgIpc) is 2.62. The number of nitrogens with one attached hydrogen (secondary N) is 1. The Morgan fingerprint density at radius 2 is 1.73 bits per heavy atom. The third-order valence-electron chi connectivity index (χ3n) is 4.62. The molecule has 0 atom stereocenters. The zero-order chi connectivity index (χ0) is 19.3. The second kappa shape index (κ2) is 8.64. The summed E-state index contributed by atoms with van der Waals surface area (Å²) in [5.74, 6) is -0.325. The van der Waals surface area contributed by atoms with Gasteiger partial charge in [0.2, 0.25) is 21.8 Å². The molecule has 1 heterocycles. The zero-order valence-electron chi connectivity index (χ0n) is 15.6. The Hall–Kier alpha value is -1.93. The molecule has 1 saturated heterocycles. The van der Waals surface area contributed by atoms with Crippen molar-refractivity contribution in [1.82, 2.24) is 14.5 Å². The van der Waals surface area contributed by atoms with E-state index in [9.17, 15) is 18.0 Å². The SMILES string of the molecule is CCCC(=O)NCC(=O)N1CCN(S(=O)(=O)c2ccc(C)c(C)c2)CC1. The number of carbonyl (C=O) groups excluding carboxylic acids is 2. The summed E-state index contributed by atoms with van der Waals surface area (Å²) in [5, 5.41) is 2.60. The molecule has 7 nitrogen and oxygen atoms in total. The van der Waals surface area contributed by atoms with E-state index < -0.39 is 10.0 Å². The first-order valence-electron chi connectivity index (χ1n) is 8.87. The van der Waals surface area contributed by atoms with Crippen molar-refractivity contribution in [2.75, 3.05) is 32.7 Å². The Morgan fingerprint density at radius 1 is 1.08 bits per heavy atom. The number of aryl methyl sites for hydroxylation is 2. The van der Waals surface area contributed by atoms with Crippen LogP contribution in [0.1, 0.15) is 30.9 Å². The highest BCUT2D eigenvalue weighted by atomic mass is 32.2. The number of amides is 2. The lowest BCUT2D eigenvalue weighted by Gasteiger charge is -2.34. The number of carbonyl (C=O) groups is 2. The first-order chi connectivity index (χ1) is 12.3. The predicted molar refractivity (Wildman–Crippen MR) is 99.2 cm³/mol. The molecular formula is C18H27N3O4S. The molecule has 0 aliphatic carbocycles. The van der Waals surface area contributed by atoms with Crippen LogP contribution in [0.2, 0.25) is 0 Å². The molecule has 2 rings (SSSR count). The second-order valence-corrected chi connectivity index (χ2v) is 8.50. The molecule has 1 aliphatic rings. The van der Waals surface area contributed by atoms with Crippen molar-refractivity contribution < 1.29 is 18.0 Å². The fraction of sp³-hybridized carbons (Fsp3) is 0.556. The van der Waals surface area contributed by atoms with Crippen molar-refractivity contribution >= 4 is 21.8 Å².